The fraction of sp³-hybridized carbons (Fsp3) is 0.639. The van der Waals surface area contributed by atoms with Gasteiger partial charge in [-0.05, 0) is 44.4 Å². The fourth-order valence-electron chi connectivity index (χ4n) is 5.31. The van der Waals surface area contributed by atoms with E-state index in [1.807, 2.05) is 20.8 Å². The molecule has 46 heavy (non-hydrogen) atoms. The summed E-state index contributed by atoms with van der Waals surface area (Å²) in [6.45, 7) is 7.40. The van der Waals surface area contributed by atoms with Gasteiger partial charge in [0.05, 0.1) is 48.8 Å². The van der Waals surface area contributed by atoms with E-state index in [2.05, 4.69) is 0 Å². The van der Waals surface area contributed by atoms with E-state index in [-0.39, 0.29) is 50.4 Å². The van der Waals surface area contributed by atoms with Crippen LogP contribution in [0.3, 0.4) is 0 Å². The number of hydrogen-bond acceptors (Lipinski definition) is 10. The maximum Gasteiger partial charge on any atom is 0.331 e. The average Bonchev–Trinajstić information content (AvgIpc) is 2.95. The number of rotatable bonds is 1. The van der Waals surface area contributed by atoms with Crippen LogP contribution < -0.4 is 0 Å². The minimum atomic E-state index is -1.10. The van der Waals surface area contributed by atoms with Gasteiger partial charge in [-0.1, -0.05) is 94.5 Å². The van der Waals surface area contributed by atoms with Crippen molar-refractivity contribution in [2.45, 2.75) is 128 Å². The first kappa shape index (κ1) is 41.6. The molecule has 11 atom stereocenters. The molecule has 0 saturated carbocycles. The number of carbonyl (C=O) groups excluding carboxylic acids is 1. The second-order valence-electron chi connectivity index (χ2n) is 12.8. The molecular weight excluding hydrogens is 592 g/mol. The van der Waals surface area contributed by atoms with Crippen LogP contribution in [0.5, 0.6) is 0 Å². The normalized spacial score (nSPS) is 40.4. The summed E-state index contributed by atoms with van der Waals surface area (Å²) in [5.74, 6) is -1.25. The highest BCUT2D eigenvalue weighted by Gasteiger charge is 2.27. The third-order valence-electron chi connectivity index (χ3n) is 8.01. The fourth-order valence-corrected chi connectivity index (χ4v) is 5.31. The molecule has 1 rings (SSSR count). The standard InChI is InChI=1S/C36H58O10/c1-24(2)36-25(3)16-17-27(37)18-28(38)19-29(39)20-30(40)21-31(41)22-32(42)23-34(44)26(4)33(43)14-12-10-8-6-5-7-9-11-13-15-35(45)46-36/h5-13,15-17,24-34,36-44H,14,18-23H2,1-4H3/b7-5+,8-6+,11-9+,12-10+,15-13+,17-16+/t25-,26-,27-,28-,29+,30?,31+,32+,33-,34+,36?/m0/s1. The van der Waals surface area contributed by atoms with Gasteiger partial charge < -0.3 is 45.6 Å². The molecular formula is C36H58O10. The molecule has 262 valence electrons. The van der Waals surface area contributed by atoms with Gasteiger partial charge in [0.25, 0.3) is 0 Å². The monoisotopic (exact) mass is 650 g/mol. The molecule has 0 saturated heterocycles. The smallest absolute Gasteiger partial charge is 0.331 e. The Morgan fingerprint density at radius 3 is 1.59 bits per heavy atom. The van der Waals surface area contributed by atoms with Gasteiger partial charge in [0.1, 0.15) is 6.10 Å². The predicted octanol–water partition coefficient (Wildman–Crippen LogP) is 2.80. The van der Waals surface area contributed by atoms with E-state index >= 15 is 0 Å². The molecule has 8 N–H and O–H groups in total. The summed E-state index contributed by atoms with van der Waals surface area (Å²) < 4.78 is 5.65. The molecule has 1 aliphatic heterocycles. The minimum Gasteiger partial charge on any atom is -0.458 e. The Morgan fingerprint density at radius 1 is 0.609 bits per heavy atom. The number of esters is 1. The molecule has 10 nitrogen and oxygen atoms in total. The lowest BCUT2D eigenvalue weighted by Gasteiger charge is -2.26. The van der Waals surface area contributed by atoms with Crippen LogP contribution >= 0.6 is 0 Å². The van der Waals surface area contributed by atoms with E-state index < -0.39 is 66.8 Å². The molecule has 0 aromatic heterocycles. The lowest BCUT2D eigenvalue weighted by atomic mass is 9.90. The number of carbonyl (C=O) groups is 1. The second kappa shape index (κ2) is 23.0. The predicted molar refractivity (Wildman–Crippen MR) is 178 cm³/mol. The highest BCUT2D eigenvalue weighted by Crippen LogP contribution is 2.22. The van der Waals surface area contributed by atoms with Crippen molar-refractivity contribution < 1.29 is 50.4 Å². The van der Waals surface area contributed by atoms with Gasteiger partial charge in [0.2, 0.25) is 0 Å². The Balaban J connectivity index is 2.98. The summed E-state index contributed by atoms with van der Waals surface area (Å²) in [6.07, 6.45) is 11.3. The van der Waals surface area contributed by atoms with E-state index in [4.69, 9.17) is 4.74 Å². The van der Waals surface area contributed by atoms with Gasteiger partial charge in [-0.2, -0.15) is 0 Å². The van der Waals surface area contributed by atoms with Crippen LogP contribution in [0.4, 0.5) is 0 Å². The number of aliphatic hydroxyl groups is 8. The third kappa shape index (κ3) is 18.7. The Kier molecular flexibility index (Phi) is 20.8. The Hall–Kier alpha value is -2.41. The number of hydrogen-bond donors (Lipinski definition) is 8. The van der Waals surface area contributed by atoms with Gasteiger partial charge in [0.15, 0.2) is 0 Å². The van der Waals surface area contributed by atoms with Crippen LogP contribution in [-0.2, 0) is 9.53 Å². The zero-order chi connectivity index (χ0) is 34.6. The van der Waals surface area contributed by atoms with Gasteiger partial charge >= 0.3 is 5.97 Å². The van der Waals surface area contributed by atoms with Gasteiger partial charge in [-0.3, -0.25) is 0 Å². The third-order valence-corrected chi connectivity index (χ3v) is 8.01. The minimum absolute atomic E-state index is 0.00324. The Labute approximate surface area is 274 Å². The molecule has 10 heteroatoms. The largest absolute Gasteiger partial charge is 0.458 e. The van der Waals surface area contributed by atoms with Crippen LogP contribution in [0.2, 0.25) is 0 Å². The average molecular weight is 651 g/mol. The van der Waals surface area contributed by atoms with Crippen molar-refractivity contribution in [3.63, 3.8) is 0 Å². The second-order valence-corrected chi connectivity index (χ2v) is 12.8. The van der Waals surface area contributed by atoms with Crippen LogP contribution in [0.15, 0.2) is 72.9 Å². The molecule has 0 fully saturated rings. The lowest BCUT2D eigenvalue weighted by molar-refractivity contribution is -0.147. The van der Waals surface area contributed by atoms with Gasteiger partial charge in [-0.25, -0.2) is 4.79 Å². The molecule has 0 amide bonds. The lowest BCUT2D eigenvalue weighted by Crippen LogP contribution is -2.34. The van der Waals surface area contributed by atoms with Crippen molar-refractivity contribution in [1.82, 2.24) is 0 Å². The summed E-state index contributed by atoms with van der Waals surface area (Å²) in [4.78, 5) is 12.4. The molecule has 1 aliphatic rings. The van der Waals surface area contributed by atoms with Crippen molar-refractivity contribution in [2.24, 2.45) is 17.8 Å². The number of aliphatic hydroxyl groups excluding tert-OH is 8. The van der Waals surface area contributed by atoms with E-state index in [0.29, 0.717) is 6.42 Å². The van der Waals surface area contributed by atoms with Crippen LogP contribution in [0, 0.1) is 17.8 Å². The quantitative estimate of drug-likeness (QED) is 0.155. The maximum absolute atomic E-state index is 12.4. The van der Waals surface area contributed by atoms with Crippen molar-refractivity contribution in [1.29, 1.82) is 0 Å². The van der Waals surface area contributed by atoms with Gasteiger partial charge in [0, 0.05) is 24.3 Å². The number of allylic oxidation sites excluding steroid dienone is 8. The van der Waals surface area contributed by atoms with Crippen molar-refractivity contribution in [3.05, 3.63) is 72.9 Å². The molecule has 0 radical (unpaired) electrons. The summed E-state index contributed by atoms with van der Waals surface area (Å²) in [7, 11) is 0. The summed E-state index contributed by atoms with van der Waals surface area (Å²) >= 11 is 0. The summed E-state index contributed by atoms with van der Waals surface area (Å²) in [6, 6.07) is 0. The van der Waals surface area contributed by atoms with E-state index in [9.17, 15) is 45.6 Å². The van der Waals surface area contributed by atoms with E-state index in [1.54, 1.807) is 67.7 Å². The van der Waals surface area contributed by atoms with Gasteiger partial charge in [-0.15, -0.1) is 0 Å². The first-order valence-corrected chi connectivity index (χ1v) is 16.4. The zero-order valence-corrected chi connectivity index (χ0v) is 27.7. The number of cyclic esters (lactones) is 1. The van der Waals surface area contributed by atoms with Crippen LogP contribution in [0.25, 0.3) is 0 Å². The van der Waals surface area contributed by atoms with Crippen LogP contribution in [0.1, 0.15) is 72.6 Å². The highest BCUT2D eigenvalue weighted by atomic mass is 16.5. The summed E-state index contributed by atoms with van der Waals surface area (Å²) in [5.41, 5.74) is 0. The highest BCUT2D eigenvalue weighted by molar-refractivity contribution is 5.82. The molecule has 0 aromatic carbocycles. The first-order valence-electron chi connectivity index (χ1n) is 16.4. The molecule has 1 heterocycles. The molecule has 0 spiro atoms. The molecule has 2 unspecified atom stereocenters. The Morgan fingerprint density at radius 2 is 1.07 bits per heavy atom. The SMILES string of the molecule is CC(C)C1OC(=O)/C=C/C=C/C=C/C=C/C=C/C[C@H](O)[C@H](C)[C@H](O)C[C@H](O)C[C@H](O)CC(O)C[C@H](O)C[C@@H](O)C[C@@H](O)/C=C/[C@@H]1C. The number of ether oxygens (including phenoxy) is 1. The van der Waals surface area contributed by atoms with E-state index in [1.165, 1.54) is 12.2 Å². The van der Waals surface area contributed by atoms with Crippen LogP contribution in [-0.4, -0.2) is 102 Å². The summed E-state index contributed by atoms with van der Waals surface area (Å²) in [5, 5.41) is 83.2. The van der Waals surface area contributed by atoms with E-state index in [0.717, 1.165) is 0 Å². The maximum atomic E-state index is 12.4. The Bertz CT molecular complexity index is 1020. The topological polar surface area (TPSA) is 188 Å². The molecule has 0 aliphatic carbocycles. The van der Waals surface area contributed by atoms with Crippen molar-refractivity contribution in [2.75, 3.05) is 0 Å². The molecule has 0 bridgehead atoms. The van der Waals surface area contributed by atoms with Crippen molar-refractivity contribution >= 4 is 5.97 Å². The van der Waals surface area contributed by atoms with Crippen molar-refractivity contribution in [3.8, 4) is 0 Å². The zero-order valence-electron chi connectivity index (χ0n) is 27.7. The molecule has 0 aromatic rings. The first-order chi connectivity index (χ1) is 21.7.